The van der Waals surface area contributed by atoms with Crippen molar-refractivity contribution in [3.63, 3.8) is 0 Å². The van der Waals surface area contributed by atoms with Crippen LogP contribution < -0.4 is 11.1 Å². The topological polar surface area (TPSA) is 61.6 Å². The molecule has 2 rings (SSSR count). The number of hydrogen-bond acceptors (Lipinski definition) is 4. The summed E-state index contributed by atoms with van der Waals surface area (Å²) in [5, 5.41) is 3.39. The van der Waals surface area contributed by atoms with Gasteiger partial charge in [-0.1, -0.05) is 11.6 Å². The fraction of sp³-hybridized carbons (Fsp3) is 0.500. The van der Waals surface area contributed by atoms with Gasteiger partial charge in [0, 0.05) is 18.1 Å². The lowest BCUT2D eigenvalue weighted by Gasteiger charge is -2.19. The van der Waals surface area contributed by atoms with E-state index in [1.165, 1.54) is 0 Å². The van der Waals surface area contributed by atoms with Crippen molar-refractivity contribution >= 4 is 28.9 Å². The molecule has 1 saturated heterocycles. The third-order valence-corrected chi connectivity index (χ3v) is 3.70. The number of carbonyl (C=O) groups is 1. The summed E-state index contributed by atoms with van der Waals surface area (Å²) in [5.41, 5.74) is 6.92. The molecule has 1 aliphatic rings. The van der Waals surface area contributed by atoms with Crippen LogP contribution >= 0.6 is 11.6 Å². The largest absolute Gasteiger partial charge is 0.397 e. The van der Waals surface area contributed by atoms with Crippen molar-refractivity contribution in [1.29, 1.82) is 0 Å². The van der Waals surface area contributed by atoms with Crippen molar-refractivity contribution in [2.24, 2.45) is 0 Å². The molecule has 1 heterocycles. The number of hydrogen-bond donors (Lipinski definition) is 2. The van der Waals surface area contributed by atoms with E-state index >= 15 is 0 Å². The quantitative estimate of drug-likeness (QED) is 0.830. The summed E-state index contributed by atoms with van der Waals surface area (Å²) in [4.78, 5) is 16.5. The molecule has 20 heavy (non-hydrogen) atoms. The summed E-state index contributed by atoms with van der Waals surface area (Å²) in [6.07, 6.45) is 1.09. The van der Waals surface area contributed by atoms with Gasteiger partial charge in [0.1, 0.15) is 0 Å². The molecular formula is C14H21ClN4O. The van der Waals surface area contributed by atoms with Gasteiger partial charge in [-0.25, -0.2) is 0 Å². The Kier molecular flexibility index (Phi) is 5.23. The van der Waals surface area contributed by atoms with E-state index in [0.29, 0.717) is 22.9 Å². The van der Waals surface area contributed by atoms with Gasteiger partial charge in [-0.05, 0) is 44.8 Å². The summed E-state index contributed by atoms with van der Waals surface area (Å²) in [6.45, 7) is 4.32. The Morgan fingerprint density at radius 1 is 1.35 bits per heavy atom. The number of anilines is 2. The van der Waals surface area contributed by atoms with Crippen LogP contribution in [0.25, 0.3) is 0 Å². The van der Waals surface area contributed by atoms with Gasteiger partial charge in [0.2, 0.25) is 5.91 Å². The summed E-state index contributed by atoms with van der Waals surface area (Å²) in [7, 11) is 2.11. The molecule has 0 atom stereocenters. The number of benzene rings is 1. The second kappa shape index (κ2) is 6.92. The Hall–Kier alpha value is -1.30. The number of nitrogens with two attached hydrogens (primary N) is 1. The van der Waals surface area contributed by atoms with Crippen LogP contribution in [0.5, 0.6) is 0 Å². The molecule has 0 bridgehead atoms. The molecule has 0 radical (unpaired) electrons. The highest BCUT2D eigenvalue weighted by atomic mass is 35.5. The van der Waals surface area contributed by atoms with Crippen molar-refractivity contribution < 1.29 is 4.79 Å². The van der Waals surface area contributed by atoms with E-state index in [1.807, 2.05) is 0 Å². The van der Waals surface area contributed by atoms with Crippen LogP contribution in [0.15, 0.2) is 18.2 Å². The first kappa shape index (κ1) is 15.1. The zero-order valence-corrected chi connectivity index (χ0v) is 12.5. The highest BCUT2D eigenvalue weighted by Crippen LogP contribution is 2.22. The maximum atomic E-state index is 12.1. The average Bonchev–Trinajstić information content (AvgIpc) is 2.59. The Bertz CT molecular complexity index is 480. The van der Waals surface area contributed by atoms with Crippen LogP contribution in [0.2, 0.25) is 5.02 Å². The van der Waals surface area contributed by atoms with Crippen LogP contribution in [0.1, 0.15) is 6.42 Å². The molecule has 0 aliphatic carbocycles. The first-order chi connectivity index (χ1) is 9.54. The molecular weight excluding hydrogens is 276 g/mol. The molecule has 1 aromatic rings. The molecule has 0 spiro atoms. The minimum atomic E-state index is -0.0523. The number of rotatable bonds is 3. The standard InChI is InChI=1S/C14H21ClN4O/c1-18-5-2-6-19(8-7-18)10-14(20)17-13-9-11(15)3-4-12(13)16/h3-4,9H,2,5-8,10,16H2,1H3,(H,17,20). The van der Waals surface area contributed by atoms with Crippen molar-refractivity contribution in [3.05, 3.63) is 23.2 Å². The monoisotopic (exact) mass is 296 g/mol. The van der Waals surface area contributed by atoms with Crippen LogP contribution in [-0.2, 0) is 4.79 Å². The lowest BCUT2D eigenvalue weighted by molar-refractivity contribution is -0.117. The van der Waals surface area contributed by atoms with Crippen molar-refractivity contribution in [2.75, 3.05) is 50.8 Å². The minimum absolute atomic E-state index is 0.0523. The number of nitrogen functional groups attached to an aromatic ring is 1. The predicted molar refractivity (Wildman–Crippen MR) is 83.0 cm³/mol. The number of nitrogens with one attached hydrogen (secondary N) is 1. The molecule has 1 fully saturated rings. The third kappa shape index (κ3) is 4.37. The summed E-state index contributed by atoms with van der Waals surface area (Å²) < 4.78 is 0. The molecule has 1 amide bonds. The Morgan fingerprint density at radius 3 is 2.95 bits per heavy atom. The van der Waals surface area contributed by atoms with Gasteiger partial charge >= 0.3 is 0 Å². The third-order valence-electron chi connectivity index (χ3n) is 3.47. The Morgan fingerprint density at radius 2 is 2.15 bits per heavy atom. The van der Waals surface area contributed by atoms with Gasteiger partial charge in [-0.15, -0.1) is 0 Å². The second-order valence-electron chi connectivity index (χ2n) is 5.21. The average molecular weight is 297 g/mol. The number of amides is 1. The van der Waals surface area contributed by atoms with Crippen molar-refractivity contribution in [3.8, 4) is 0 Å². The zero-order valence-electron chi connectivity index (χ0n) is 11.7. The van der Waals surface area contributed by atoms with E-state index in [0.717, 1.165) is 32.6 Å². The van der Waals surface area contributed by atoms with E-state index in [1.54, 1.807) is 18.2 Å². The molecule has 0 saturated carbocycles. The van der Waals surface area contributed by atoms with Gasteiger partial charge in [0.05, 0.1) is 17.9 Å². The summed E-state index contributed by atoms with van der Waals surface area (Å²) in [5.74, 6) is -0.0523. The SMILES string of the molecule is CN1CCCN(CC(=O)Nc2cc(Cl)ccc2N)CC1. The van der Waals surface area contributed by atoms with Gasteiger partial charge in [-0.3, -0.25) is 9.69 Å². The lowest BCUT2D eigenvalue weighted by Crippen LogP contribution is -2.36. The Balaban J connectivity index is 1.90. The first-order valence-electron chi connectivity index (χ1n) is 6.80. The molecule has 6 heteroatoms. The predicted octanol–water partition coefficient (Wildman–Crippen LogP) is 1.50. The van der Waals surface area contributed by atoms with Crippen LogP contribution in [0, 0.1) is 0 Å². The second-order valence-corrected chi connectivity index (χ2v) is 5.65. The van der Waals surface area contributed by atoms with Gasteiger partial charge < -0.3 is 16.0 Å². The molecule has 5 nitrogen and oxygen atoms in total. The van der Waals surface area contributed by atoms with E-state index in [9.17, 15) is 4.79 Å². The highest BCUT2D eigenvalue weighted by Gasteiger charge is 2.15. The number of nitrogens with zero attached hydrogens (tertiary/aromatic N) is 2. The van der Waals surface area contributed by atoms with Crippen LogP contribution in [0.4, 0.5) is 11.4 Å². The lowest BCUT2D eigenvalue weighted by atomic mass is 10.2. The van der Waals surface area contributed by atoms with Crippen molar-refractivity contribution in [2.45, 2.75) is 6.42 Å². The zero-order chi connectivity index (χ0) is 14.5. The molecule has 110 valence electrons. The number of likely N-dealkylation sites (N-methyl/N-ethyl adjacent to an activating group) is 1. The number of halogens is 1. The van der Waals surface area contributed by atoms with E-state index in [2.05, 4.69) is 22.2 Å². The maximum absolute atomic E-state index is 12.1. The summed E-state index contributed by atoms with van der Waals surface area (Å²) >= 11 is 5.91. The molecule has 3 N–H and O–H groups in total. The van der Waals surface area contributed by atoms with Gasteiger partial charge in [-0.2, -0.15) is 0 Å². The highest BCUT2D eigenvalue weighted by molar-refractivity contribution is 6.31. The van der Waals surface area contributed by atoms with Crippen LogP contribution in [-0.4, -0.2) is 55.5 Å². The molecule has 0 unspecified atom stereocenters. The summed E-state index contributed by atoms with van der Waals surface area (Å²) in [6, 6.07) is 5.07. The molecule has 1 aliphatic heterocycles. The number of carbonyl (C=O) groups excluding carboxylic acids is 1. The smallest absolute Gasteiger partial charge is 0.238 e. The normalized spacial score (nSPS) is 17.7. The van der Waals surface area contributed by atoms with E-state index < -0.39 is 0 Å². The van der Waals surface area contributed by atoms with E-state index in [4.69, 9.17) is 17.3 Å². The van der Waals surface area contributed by atoms with Crippen LogP contribution in [0.3, 0.4) is 0 Å². The van der Waals surface area contributed by atoms with Gasteiger partial charge in [0.25, 0.3) is 0 Å². The van der Waals surface area contributed by atoms with E-state index in [-0.39, 0.29) is 5.91 Å². The first-order valence-corrected chi connectivity index (χ1v) is 7.18. The minimum Gasteiger partial charge on any atom is -0.397 e. The Labute approximate surface area is 124 Å². The fourth-order valence-corrected chi connectivity index (χ4v) is 2.46. The van der Waals surface area contributed by atoms with Gasteiger partial charge in [0.15, 0.2) is 0 Å². The fourth-order valence-electron chi connectivity index (χ4n) is 2.29. The maximum Gasteiger partial charge on any atom is 0.238 e. The molecule has 1 aromatic carbocycles. The molecule has 0 aromatic heterocycles. The van der Waals surface area contributed by atoms with Crippen molar-refractivity contribution in [1.82, 2.24) is 9.80 Å².